The first kappa shape index (κ1) is 78.0. The molecule has 5 aliphatic rings. The van der Waals surface area contributed by atoms with Crippen LogP contribution in [0.2, 0.25) is 26.2 Å². The van der Waals surface area contributed by atoms with Crippen LogP contribution in [0.25, 0.3) is 55.9 Å². The van der Waals surface area contributed by atoms with Gasteiger partial charge < -0.3 is 34.1 Å². The summed E-state index contributed by atoms with van der Waals surface area (Å²) < 4.78 is 7.16. The summed E-state index contributed by atoms with van der Waals surface area (Å²) in [5.41, 5.74) is 30.9. The normalized spacial score (nSPS) is 14.3. The summed E-state index contributed by atoms with van der Waals surface area (Å²) >= 11 is 0. The molecule has 0 fully saturated rings. The molecule has 21 rings (SSSR count). The first-order valence-corrected chi connectivity index (χ1v) is 48.2. The van der Waals surface area contributed by atoms with E-state index in [2.05, 4.69) is 398 Å². The van der Waals surface area contributed by atoms with Crippen LogP contribution in [0.1, 0.15) is 34.7 Å². The van der Waals surface area contributed by atoms with Crippen LogP contribution in [0, 0.1) is 6.92 Å². The van der Waals surface area contributed by atoms with Gasteiger partial charge in [-0.2, -0.15) is 0 Å². The fourth-order valence-corrected chi connectivity index (χ4v) is 25.5. The first-order chi connectivity index (χ1) is 60.5. The Hall–Kier alpha value is -14.5. The van der Waals surface area contributed by atoms with E-state index < -0.39 is 28.4 Å². The number of rotatable bonds is 13. The van der Waals surface area contributed by atoms with Crippen LogP contribution in [0.3, 0.4) is 0 Å². The largest absolute Gasteiger partial charge is 0.457 e. The number of amidine groups is 1. The van der Waals surface area contributed by atoms with Gasteiger partial charge in [-0.1, -0.05) is 239 Å². The molecule has 1 aliphatic carbocycles. The Morgan fingerprint density at radius 2 is 0.847 bits per heavy atom. The minimum Gasteiger partial charge on any atom is -0.457 e. The van der Waals surface area contributed by atoms with Gasteiger partial charge in [-0.25, -0.2) is 39.9 Å². The van der Waals surface area contributed by atoms with E-state index in [4.69, 9.17) is 29.6 Å². The summed E-state index contributed by atoms with van der Waals surface area (Å²) in [7, 11) is 6.61. The van der Waals surface area contributed by atoms with Crippen molar-refractivity contribution in [2.24, 2.45) is 14.9 Å². The van der Waals surface area contributed by atoms with E-state index in [9.17, 15) is 0 Å². The number of nitrogens with zero attached hydrogens (tertiary/aromatic N) is 14. The molecule has 0 unspecified atom stereocenters. The second kappa shape index (κ2) is 31.5. The molecule has 3 aromatic heterocycles. The van der Waals surface area contributed by atoms with Crippen molar-refractivity contribution in [3.8, 4) is 67.4 Å². The van der Waals surface area contributed by atoms with E-state index in [-0.39, 0.29) is 6.71 Å². The molecular formula is C105H90B2N14OSi2. The van der Waals surface area contributed by atoms with Crippen molar-refractivity contribution in [3.05, 3.63) is 363 Å². The van der Waals surface area contributed by atoms with Gasteiger partial charge in [-0.05, 0) is 186 Å². The Morgan fingerprint density at radius 1 is 0.411 bits per heavy atom. The van der Waals surface area contributed by atoms with Crippen LogP contribution >= 0.6 is 0 Å². The zero-order chi connectivity index (χ0) is 84.7. The maximum absolute atomic E-state index is 7.16. The van der Waals surface area contributed by atoms with Crippen molar-refractivity contribution < 1.29 is 4.74 Å². The lowest BCUT2D eigenvalue weighted by Gasteiger charge is -2.41. The third-order valence-electron chi connectivity index (χ3n) is 25.7. The topological polar surface area (TPSA) is 140 Å². The fraction of sp³-hybridized carbons (Fsp3) is 0.114. The highest BCUT2D eigenvalue weighted by Crippen LogP contribution is 2.62. The molecule has 0 bridgehead atoms. The van der Waals surface area contributed by atoms with Crippen molar-refractivity contribution in [2.45, 2.75) is 45.5 Å². The number of benzene rings is 13. The molecule has 16 aromatic rings. The molecule has 0 radical (unpaired) electrons. The van der Waals surface area contributed by atoms with Gasteiger partial charge >= 0.3 is 6.85 Å². The zero-order valence-electron chi connectivity index (χ0n) is 71.2. The van der Waals surface area contributed by atoms with Gasteiger partial charge in [0, 0.05) is 145 Å². The third kappa shape index (κ3) is 13.1. The molecule has 19 heteroatoms. The van der Waals surface area contributed by atoms with Gasteiger partial charge in [0.2, 0.25) is 0 Å². The van der Waals surface area contributed by atoms with Crippen LogP contribution in [0.15, 0.2) is 350 Å². The number of ether oxygens (including phenoxy) is 1. The Kier molecular flexibility index (Phi) is 19.8. The third-order valence-corrected chi connectivity index (χ3v) is 32.8. The second-order valence-corrected chi connectivity index (χ2v) is 42.5. The number of aliphatic imine (C=N–C) groups is 2. The van der Waals surface area contributed by atoms with Crippen LogP contribution in [0.5, 0.6) is 11.5 Å². The van der Waals surface area contributed by atoms with Crippen LogP contribution in [0.4, 0.5) is 56.9 Å². The molecule has 1 spiro atoms. The minimum atomic E-state index is -1.90. The molecule has 4 aliphatic heterocycles. The number of para-hydroxylation sites is 4. The Bertz CT molecular complexity index is 6560. The minimum absolute atomic E-state index is 0.381. The molecule has 124 heavy (non-hydrogen) atoms. The zero-order valence-corrected chi connectivity index (χ0v) is 73.2. The van der Waals surface area contributed by atoms with E-state index >= 15 is 0 Å². The average molecular weight is 1640 g/mol. The molecule has 13 aromatic carbocycles. The van der Waals surface area contributed by atoms with Gasteiger partial charge in [0.25, 0.3) is 6.71 Å². The standard InChI is InChI=1S/C61H46N6OSi2.C44H44B2N8/c1-69(2)55-17-9-5-13-49(55)66(50-14-6-10-18-56(50)69)43-27-21-39(22-28-43)41-25-31-45-53(33-41)68-54-34-42(26-32-46(54)61(45)47-35-62-37-64-59(47)60-48(61)36-63-38-65-60)40-23-29-44(30-24-40)67-51-15-7-11-19-57(51)70(3,4)58-20-12-8-16-52(58)67;1-8-47-29-50-44-45(42-36(32-16-11-9-12-17-32)20-15-21-37(42)33-18-13-10-14-19-33)39-28-48-30-49-43(39)46(51-44)38-25-24-35(53(5)6)27-41(38)54(7)40-26-34(52(3)4)23-22-31(40)2/h5-38H,1-4H3;8-30H,1-7H3. The fourth-order valence-electron chi connectivity index (χ4n) is 19.6. The first-order valence-electron chi connectivity index (χ1n) is 42.2. The molecule has 0 saturated carbocycles. The van der Waals surface area contributed by atoms with Crippen LogP contribution < -0.4 is 72.0 Å². The summed E-state index contributed by atoms with van der Waals surface area (Å²) in [5, 5.41) is 5.80. The molecule has 7 heterocycles. The molecule has 600 valence electrons. The van der Waals surface area contributed by atoms with Crippen molar-refractivity contribution in [1.82, 2.24) is 29.9 Å². The predicted octanol–water partition coefficient (Wildman–Crippen LogP) is 18.1. The second-order valence-electron chi connectivity index (χ2n) is 33.8. The molecular weight excluding hydrogens is 1550 g/mol. The highest BCUT2D eigenvalue weighted by atomic mass is 28.3. The van der Waals surface area contributed by atoms with Gasteiger partial charge in [0.1, 0.15) is 53.0 Å². The average Bonchev–Trinajstić information content (AvgIpc) is 1.52. The lowest BCUT2D eigenvalue weighted by molar-refractivity contribution is 0.436. The van der Waals surface area contributed by atoms with Crippen molar-refractivity contribution >= 4 is 148 Å². The van der Waals surface area contributed by atoms with E-state index in [1.54, 1.807) is 31.5 Å². The van der Waals surface area contributed by atoms with Crippen LogP contribution in [-0.4, -0.2) is 113 Å². The summed E-state index contributed by atoms with van der Waals surface area (Å²) in [6, 6.07) is 108. The number of hydrogen-bond acceptors (Lipinski definition) is 14. The molecule has 0 saturated heterocycles. The van der Waals surface area contributed by atoms with Gasteiger partial charge in [0.15, 0.2) is 0 Å². The molecule has 0 atom stereocenters. The number of aromatic nitrogens is 6. The molecule has 15 nitrogen and oxygen atoms in total. The summed E-state index contributed by atoms with van der Waals surface area (Å²) in [5.74, 6) is 1.54. The summed E-state index contributed by atoms with van der Waals surface area (Å²) in [6.07, 6.45) is 14.0. The van der Waals surface area contributed by atoms with E-state index in [0.29, 0.717) is 5.73 Å². The molecule has 0 N–H and O–H groups in total. The maximum atomic E-state index is 7.16. The monoisotopic (exact) mass is 1640 g/mol. The number of hydrogen-bond donors (Lipinski definition) is 0. The van der Waals surface area contributed by atoms with E-state index in [0.717, 1.165) is 146 Å². The maximum Gasteiger partial charge on any atom is 0.365 e. The lowest BCUT2D eigenvalue weighted by atomic mass is 9.31. The highest BCUT2D eigenvalue weighted by molar-refractivity contribution is 7.15. The van der Waals surface area contributed by atoms with Gasteiger partial charge in [0.05, 0.1) is 22.5 Å². The van der Waals surface area contributed by atoms with Gasteiger partial charge in [-0.3, -0.25) is 0 Å². The quantitative estimate of drug-likeness (QED) is 0.0616. The Balaban J connectivity index is 0.000000163. The number of fused-ring (bicyclic) bond motifs is 14. The van der Waals surface area contributed by atoms with E-state index in [1.165, 1.54) is 49.1 Å². The summed E-state index contributed by atoms with van der Waals surface area (Å²) in [4.78, 5) is 55.1. The van der Waals surface area contributed by atoms with Crippen molar-refractivity contribution in [3.63, 3.8) is 0 Å². The molecule has 0 amide bonds. The lowest BCUT2D eigenvalue weighted by Crippen LogP contribution is -2.66. The summed E-state index contributed by atoms with van der Waals surface area (Å²) in [6.45, 7) is 13.0. The van der Waals surface area contributed by atoms with E-state index in [1.807, 2.05) is 37.6 Å². The predicted molar refractivity (Wildman–Crippen MR) is 523 cm³/mol. The van der Waals surface area contributed by atoms with Crippen LogP contribution in [-0.2, 0) is 5.41 Å². The highest BCUT2D eigenvalue weighted by Gasteiger charge is 2.54. The van der Waals surface area contributed by atoms with Crippen molar-refractivity contribution in [1.29, 1.82) is 0 Å². The van der Waals surface area contributed by atoms with Gasteiger partial charge in [-0.15, -0.1) is 0 Å². The SMILES string of the molecule is CC=NC=NC1=NB(c2ccc(N(C)C)cc2N(C)c2cc(N(C)C)ccc2C)c2ncncc2B1c1c(-c2ccccc2)cccc1-c1ccccc1.C[Si]1(C)c2ccccc2N(c2ccc(-c3ccc4c(c3)Oc3cc(-c5ccc(N6c7ccccc7[Si](C)(C)c7ccccc76)cc5)ccc3C43c4cncnc4-c4ncncc43)cc2)c2ccccc21. The number of anilines is 10. The Labute approximate surface area is 727 Å². The smallest absolute Gasteiger partial charge is 0.365 e. The Morgan fingerprint density at radius 3 is 1.32 bits per heavy atom. The van der Waals surface area contributed by atoms with Crippen molar-refractivity contribution in [2.75, 3.05) is 59.7 Å². The number of aryl methyl sites for hydroxylation is 1.